The molecule has 2 aromatic carbocycles. The molecule has 4 rings (SSSR count). The van der Waals surface area contributed by atoms with Gasteiger partial charge in [0, 0.05) is 12.1 Å². The number of fused-ring (bicyclic) bond motifs is 1. The Balaban J connectivity index is 1.34. The number of ether oxygens (including phenoxy) is 2. The third-order valence-electron chi connectivity index (χ3n) is 4.52. The van der Waals surface area contributed by atoms with Crippen LogP contribution in [0, 0.1) is 0 Å². The average molecular weight is 428 g/mol. The Morgan fingerprint density at radius 1 is 1.00 bits per heavy atom. The van der Waals surface area contributed by atoms with E-state index in [1.165, 1.54) is 18.4 Å². The van der Waals surface area contributed by atoms with Crippen LogP contribution in [0.1, 0.15) is 17.7 Å². The van der Waals surface area contributed by atoms with Gasteiger partial charge in [-0.05, 0) is 54.4 Å². The van der Waals surface area contributed by atoms with E-state index in [0.29, 0.717) is 29.4 Å². The van der Waals surface area contributed by atoms with Crippen molar-refractivity contribution in [1.29, 1.82) is 0 Å². The molecule has 1 aliphatic rings. The number of rotatable bonds is 8. The van der Waals surface area contributed by atoms with Crippen LogP contribution in [-0.4, -0.2) is 21.1 Å². The molecule has 1 aliphatic heterocycles. The minimum Gasteiger partial charge on any atom is -0.468 e. The highest BCUT2D eigenvalue weighted by atomic mass is 32.2. The zero-order valence-corrected chi connectivity index (χ0v) is 16.8. The number of carbonyl (C=O) groups is 1. The summed E-state index contributed by atoms with van der Waals surface area (Å²) in [4.78, 5) is 12.4. The summed E-state index contributed by atoms with van der Waals surface area (Å²) in [7, 11) is -3.74. The van der Waals surface area contributed by atoms with Crippen LogP contribution < -0.4 is 19.5 Å². The minimum atomic E-state index is -3.74. The summed E-state index contributed by atoms with van der Waals surface area (Å²) in [6, 6.07) is 15.0. The first-order valence-corrected chi connectivity index (χ1v) is 10.8. The Hall–Kier alpha value is -3.30. The summed E-state index contributed by atoms with van der Waals surface area (Å²) >= 11 is 0. The van der Waals surface area contributed by atoms with Crippen molar-refractivity contribution in [1.82, 2.24) is 4.72 Å². The molecular formula is C21H20N2O6S. The van der Waals surface area contributed by atoms with Gasteiger partial charge in [-0.15, -0.1) is 0 Å². The smallest absolute Gasteiger partial charge is 0.241 e. The third-order valence-corrected chi connectivity index (χ3v) is 5.92. The molecule has 0 atom stereocenters. The van der Waals surface area contributed by atoms with Crippen molar-refractivity contribution in [2.75, 3.05) is 12.1 Å². The van der Waals surface area contributed by atoms with Gasteiger partial charge in [-0.3, -0.25) is 4.79 Å². The first-order chi connectivity index (χ1) is 14.5. The topological polar surface area (TPSA) is 107 Å². The molecule has 8 nitrogen and oxygen atoms in total. The lowest BCUT2D eigenvalue weighted by Gasteiger charge is -2.09. The van der Waals surface area contributed by atoms with Gasteiger partial charge in [0.2, 0.25) is 22.7 Å². The van der Waals surface area contributed by atoms with Crippen LogP contribution in [0.2, 0.25) is 0 Å². The Kier molecular flexibility index (Phi) is 5.73. The molecule has 1 aromatic heterocycles. The molecule has 2 heterocycles. The predicted molar refractivity (Wildman–Crippen MR) is 109 cm³/mol. The highest BCUT2D eigenvalue weighted by molar-refractivity contribution is 7.89. The molecule has 0 aliphatic carbocycles. The highest BCUT2D eigenvalue weighted by Crippen LogP contribution is 2.32. The van der Waals surface area contributed by atoms with Crippen LogP contribution in [0.25, 0.3) is 0 Å². The largest absolute Gasteiger partial charge is 0.468 e. The van der Waals surface area contributed by atoms with Gasteiger partial charge in [-0.25, -0.2) is 13.1 Å². The number of sulfonamides is 1. The first kappa shape index (κ1) is 20.0. The van der Waals surface area contributed by atoms with Gasteiger partial charge < -0.3 is 19.2 Å². The van der Waals surface area contributed by atoms with Gasteiger partial charge in [0.05, 0.1) is 17.7 Å². The third kappa shape index (κ3) is 4.81. The molecule has 0 saturated carbocycles. The lowest BCUT2D eigenvalue weighted by Crippen LogP contribution is -2.23. The molecule has 0 unspecified atom stereocenters. The number of carbonyl (C=O) groups excluding carboxylic acids is 1. The van der Waals surface area contributed by atoms with Crippen molar-refractivity contribution in [3.63, 3.8) is 0 Å². The number of anilines is 1. The number of hydrogen-bond acceptors (Lipinski definition) is 6. The zero-order valence-electron chi connectivity index (χ0n) is 16.0. The van der Waals surface area contributed by atoms with Gasteiger partial charge in [0.1, 0.15) is 5.76 Å². The maximum Gasteiger partial charge on any atom is 0.241 e. The summed E-state index contributed by atoms with van der Waals surface area (Å²) in [5.74, 6) is 1.66. The van der Waals surface area contributed by atoms with E-state index in [4.69, 9.17) is 13.9 Å². The highest BCUT2D eigenvalue weighted by Gasteiger charge is 2.16. The molecule has 0 fully saturated rings. The molecule has 0 spiro atoms. The molecule has 0 radical (unpaired) electrons. The van der Waals surface area contributed by atoms with E-state index < -0.39 is 10.0 Å². The van der Waals surface area contributed by atoms with Crippen molar-refractivity contribution < 1.29 is 27.1 Å². The second kappa shape index (κ2) is 8.60. The van der Waals surface area contributed by atoms with E-state index in [-0.39, 0.29) is 30.6 Å². The van der Waals surface area contributed by atoms with Crippen molar-refractivity contribution >= 4 is 21.6 Å². The number of hydrogen-bond donors (Lipinski definition) is 2. The number of furan rings is 1. The van der Waals surface area contributed by atoms with Crippen molar-refractivity contribution in [3.05, 3.63) is 72.2 Å². The normalized spacial score (nSPS) is 12.7. The van der Waals surface area contributed by atoms with Crippen molar-refractivity contribution in [3.8, 4) is 11.5 Å². The van der Waals surface area contributed by atoms with Gasteiger partial charge in [0.15, 0.2) is 11.5 Å². The predicted octanol–water partition coefficient (Wildman–Crippen LogP) is 3.06. The number of aryl methyl sites for hydroxylation is 1. The maximum absolute atomic E-state index is 12.5. The van der Waals surface area contributed by atoms with E-state index in [1.54, 1.807) is 24.3 Å². The first-order valence-electron chi connectivity index (χ1n) is 9.30. The Morgan fingerprint density at radius 3 is 2.70 bits per heavy atom. The minimum absolute atomic E-state index is 0.0431. The Labute approximate surface area is 173 Å². The standard InChI is InChI=1S/C21H20N2O6S/c24-21(9-7-15-6-8-19-20(11-15)29-14-28-19)23-16-3-1-5-18(12-16)30(25,26)22-13-17-4-2-10-27-17/h1-6,8,10-12,22H,7,9,13-14H2,(H,23,24). The van der Waals surface area contributed by atoms with Crippen LogP contribution in [0.15, 0.2) is 70.2 Å². The summed E-state index contributed by atoms with van der Waals surface area (Å²) in [5.41, 5.74) is 1.36. The number of benzene rings is 2. The fraction of sp³-hybridized carbons (Fsp3) is 0.190. The summed E-state index contributed by atoms with van der Waals surface area (Å²) in [6.07, 6.45) is 2.24. The lowest BCUT2D eigenvalue weighted by molar-refractivity contribution is -0.116. The van der Waals surface area contributed by atoms with Crippen molar-refractivity contribution in [2.45, 2.75) is 24.3 Å². The second-order valence-electron chi connectivity index (χ2n) is 6.67. The maximum atomic E-state index is 12.5. The van der Waals surface area contributed by atoms with Crippen LogP contribution >= 0.6 is 0 Å². The Morgan fingerprint density at radius 2 is 1.87 bits per heavy atom. The summed E-state index contributed by atoms with van der Waals surface area (Å²) in [6.45, 7) is 0.246. The molecule has 0 bridgehead atoms. The van der Waals surface area contributed by atoms with Crippen LogP contribution in [-0.2, 0) is 27.8 Å². The molecule has 3 aromatic rings. The van der Waals surface area contributed by atoms with Gasteiger partial charge in [0.25, 0.3) is 0 Å². The van der Waals surface area contributed by atoms with Crippen LogP contribution in [0.3, 0.4) is 0 Å². The molecular weight excluding hydrogens is 408 g/mol. The SMILES string of the molecule is O=C(CCc1ccc2c(c1)OCO2)Nc1cccc(S(=O)(=O)NCc2ccco2)c1. The number of amides is 1. The van der Waals surface area contributed by atoms with Crippen LogP contribution in [0.5, 0.6) is 11.5 Å². The summed E-state index contributed by atoms with van der Waals surface area (Å²) in [5, 5.41) is 2.74. The monoisotopic (exact) mass is 428 g/mol. The van der Waals surface area contributed by atoms with Crippen LogP contribution in [0.4, 0.5) is 5.69 Å². The second-order valence-corrected chi connectivity index (χ2v) is 8.43. The fourth-order valence-electron chi connectivity index (χ4n) is 2.98. The summed E-state index contributed by atoms with van der Waals surface area (Å²) < 4.78 is 43.2. The van der Waals surface area contributed by atoms with E-state index in [9.17, 15) is 13.2 Å². The average Bonchev–Trinajstić information content (AvgIpc) is 3.42. The fourth-order valence-corrected chi connectivity index (χ4v) is 4.02. The number of nitrogens with one attached hydrogen (secondary N) is 2. The van der Waals surface area contributed by atoms with E-state index in [0.717, 1.165) is 5.56 Å². The Bertz CT molecular complexity index is 1140. The quantitative estimate of drug-likeness (QED) is 0.571. The zero-order chi connectivity index (χ0) is 21.0. The van der Waals surface area contributed by atoms with E-state index in [2.05, 4.69) is 10.0 Å². The molecule has 156 valence electrons. The molecule has 9 heteroatoms. The van der Waals surface area contributed by atoms with Gasteiger partial charge >= 0.3 is 0 Å². The van der Waals surface area contributed by atoms with Crippen molar-refractivity contribution in [2.24, 2.45) is 0 Å². The lowest BCUT2D eigenvalue weighted by atomic mass is 10.1. The van der Waals surface area contributed by atoms with Gasteiger partial charge in [-0.2, -0.15) is 0 Å². The van der Waals surface area contributed by atoms with E-state index in [1.807, 2.05) is 18.2 Å². The molecule has 1 amide bonds. The molecule has 30 heavy (non-hydrogen) atoms. The van der Waals surface area contributed by atoms with E-state index >= 15 is 0 Å². The molecule has 0 saturated heterocycles. The molecule has 2 N–H and O–H groups in total. The van der Waals surface area contributed by atoms with Gasteiger partial charge in [-0.1, -0.05) is 12.1 Å².